The molecule has 10 heteroatoms. The van der Waals surface area contributed by atoms with Gasteiger partial charge >= 0.3 is 17.8 Å². The number of nitrogens with zero attached hydrogens (tertiary/aromatic N) is 6. The van der Waals surface area contributed by atoms with Gasteiger partial charge < -0.3 is 19.2 Å². The first-order chi connectivity index (χ1) is 15.2. The molecule has 2 aliphatic heterocycles. The standard InChI is InChI=1S/C21H18FN7O2/c22-14-9-28(10-14)21-27-26-19(31-21)20(30)29-6-5-15-17(25-11-24-15)18(29)16-7-12-3-1-2-4-13(12)8-23-16/h1-4,7-8,11,14,18H,5-6,9-10H2,(H,24,25)/t18-/m1/s1. The summed E-state index contributed by atoms with van der Waals surface area (Å²) >= 11 is 0. The van der Waals surface area contributed by atoms with Gasteiger partial charge in [-0.15, -0.1) is 5.10 Å². The van der Waals surface area contributed by atoms with E-state index < -0.39 is 18.1 Å². The van der Waals surface area contributed by atoms with Gasteiger partial charge in [-0.3, -0.25) is 9.78 Å². The Morgan fingerprint density at radius 1 is 1.16 bits per heavy atom. The average Bonchev–Trinajstić information content (AvgIpc) is 3.45. The number of anilines is 1. The van der Waals surface area contributed by atoms with Crippen LogP contribution in [0.15, 0.2) is 47.3 Å². The number of carbonyl (C=O) groups is 1. The van der Waals surface area contributed by atoms with Crippen LogP contribution in [0.3, 0.4) is 0 Å². The minimum absolute atomic E-state index is 0.123. The van der Waals surface area contributed by atoms with Crippen molar-refractivity contribution >= 4 is 22.7 Å². The normalized spacial score (nSPS) is 18.8. The average molecular weight is 419 g/mol. The summed E-state index contributed by atoms with van der Waals surface area (Å²) in [6, 6.07) is 9.59. The number of H-pyrrole nitrogens is 1. The van der Waals surface area contributed by atoms with E-state index in [-0.39, 0.29) is 25.0 Å². The molecule has 1 N–H and O–H groups in total. The van der Waals surface area contributed by atoms with Gasteiger partial charge in [0.25, 0.3) is 0 Å². The van der Waals surface area contributed by atoms with Crippen LogP contribution < -0.4 is 4.90 Å². The largest absolute Gasteiger partial charge is 0.399 e. The summed E-state index contributed by atoms with van der Waals surface area (Å²) in [6.07, 6.45) is 3.15. The van der Waals surface area contributed by atoms with E-state index in [0.29, 0.717) is 18.7 Å². The molecule has 1 saturated heterocycles. The highest BCUT2D eigenvalue weighted by molar-refractivity contribution is 5.90. The number of rotatable bonds is 3. The van der Waals surface area contributed by atoms with Crippen molar-refractivity contribution in [2.24, 2.45) is 0 Å². The molecule has 1 fully saturated rings. The quantitative estimate of drug-likeness (QED) is 0.543. The number of hydrogen-bond acceptors (Lipinski definition) is 7. The number of nitrogens with one attached hydrogen (secondary N) is 1. The first-order valence-electron chi connectivity index (χ1n) is 10.1. The Balaban J connectivity index is 1.37. The van der Waals surface area contributed by atoms with Crippen LogP contribution in [0.2, 0.25) is 0 Å². The zero-order chi connectivity index (χ0) is 20.9. The van der Waals surface area contributed by atoms with Gasteiger partial charge in [-0.1, -0.05) is 29.4 Å². The number of pyridine rings is 1. The molecular weight excluding hydrogens is 401 g/mol. The lowest BCUT2D eigenvalue weighted by Gasteiger charge is -2.34. The predicted octanol–water partition coefficient (Wildman–Crippen LogP) is 2.29. The number of aromatic amines is 1. The minimum Gasteiger partial charge on any atom is -0.399 e. The van der Waals surface area contributed by atoms with Crippen LogP contribution >= 0.6 is 0 Å². The fraction of sp³-hybridized carbons (Fsp3) is 0.286. The second-order valence-electron chi connectivity index (χ2n) is 7.77. The highest BCUT2D eigenvalue weighted by atomic mass is 19.1. The van der Waals surface area contributed by atoms with Gasteiger partial charge in [0, 0.05) is 30.2 Å². The number of aromatic nitrogens is 5. The van der Waals surface area contributed by atoms with E-state index in [1.54, 1.807) is 22.3 Å². The van der Waals surface area contributed by atoms with Crippen molar-refractivity contribution in [2.45, 2.75) is 18.6 Å². The first kappa shape index (κ1) is 18.0. The number of benzene rings is 1. The zero-order valence-electron chi connectivity index (χ0n) is 16.4. The Kier molecular flexibility index (Phi) is 3.98. The van der Waals surface area contributed by atoms with Crippen molar-refractivity contribution in [3.8, 4) is 0 Å². The molecule has 31 heavy (non-hydrogen) atoms. The lowest BCUT2D eigenvalue weighted by molar-refractivity contribution is 0.0646. The molecule has 0 spiro atoms. The van der Waals surface area contributed by atoms with Crippen molar-refractivity contribution in [2.75, 3.05) is 24.5 Å². The maximum atomic E-state index is 13.4. The summed E-state index contributed by atoms with van der Waals surface area (Å²) in [5, 5.41) is 9.89. The van der Waals surface area contributed by atoms with E-state index >= 15 is 0 Å². The Morgan fingerprint density at radius 2 is 2.00 bits per heavy atom. The molecular formula is C21H18FN7O2. The SMILES string of the molecule is O=C(c1nnc(N2CC(F)C2)o1)N1CCc2[nH]cnc2[C@H]1c1cc2ccccc2cn1. The summed E-state index contributed by atoms with van der Waals surface area (Å²) in [4.78, 5) is 28.9. The molecule has 0 aliphatic carbocycles. The molecule has 1 aromatic carbocycles. The third-order valence-corrected chi connectivity index (χ3v) is 5.82. The van der Waals surface area contributed by atoms with Gasteiger partial charge in [0.2, 0.25) is 0 Å². The van der Waals surface area contributed by atoms with Crippen molar-refractivity contribution < 1.29 is 13.6 Å². The molecule has 156 valence electrons. The maximum Gasteiger partial charge on any atom is 0.318 e. The van der Waals surface area contributed by atoms with E-state index in [9.17, 15) is 9.18 Å². The molecule has 9 nitrogen and oxygen atoms in total. The number of fused-ring (bicyclic) bond motifs is 2. The fourth-order valence-electron chi connectivity index (χ4n) is 4.18. The lowest BCUT2D eigenvalue weighted by atomic mass is 9.98. The first-order valence-corrected chi connectivity index (χ1v) is 10.1. The Labute approximate surface area is 175 Å². The van der Waals surface area contributed by atoms with Crippen LogP contribution in [-0.2, 0) is 6.42 Å². The van der Waals surface area contributed by atoms with Crippen molar-refractivity contribution in [3.63, 3.8) is 0 Å². The van der Waals surface area contributed by atoms with Gasteiger partial charge in [-0.05, 0) is 11.5 Å². The van der Waals surface area contributed by atoms with E-state index in [4.69, 9.17) is 4.42 Å². The fourth-order valence-corrected chi connectivity index (χ4v) is 4.18. The predicted molar refractivity (Wildman–Crippen MR) is 108 cm³/mol. The van der Waals surface area contributed by atoms with Crippen LogP contribution in [0.1, 0.15) is 33.8 Å². The number of carbonyl (C=O) groups excluding carboxylic acids is 1. The van der Waals surface area contributed by atoms with Crippen LogP contribution in [0, 0.1) is 0 Å². The molecule has 1 amide bonds. The number of imidazole rings is 1. The number of amides is 1. The highest BCUT2D eigenvalue weighted by Gasteiger charge is 2.38. The summed E-state index contributed by atoms with van der Waals surface area (Å²) in [7, 11) is 0. The summed E-state index contributed by atoms with van der Waals surface area (Å²) in [5.74, 6) is -0.522. The maximum absolute atomic E-state index is 13.4. The molecule has 1 atom stereocenters. The second-order valence-corrected chi connectivity index (χ2v) is 7.77. The van der Waals surface area contributed by atoms with Gasteiger partial charge in [0.15, 0.2) is 0 Å². The van der Waals surface area contributed by atoms with E-state index in [1.807, 2.05) is 30.3 Å². The molecule has 5 heterocycles. The zero-order valence-corrected chi connectivity index (χ0v) is 16.4. The third-order valence-electron chi connectivity index (χ3n) is 5.82. The van der Waals surface area contributed by atoms with Crippen LogP contribution in [0.4, 0.5) is 10.4 Å². The number of alkyl halides is 1. The highest BCUT2D eigenvalue weighted by Crippen LogP contribution is 2.34. The monoisotopic (exact) mass is 419 g/mol. The van der Waals surface area contributed by atoms with E-state index in [0.717, 1.165) is 22.2 Å². The van der Waals surface area contributed by atoms with Gasteiger partial charge in [-0.25, -0.2) is 9.37 Å². The summed E-state index contributed by atoms with van der Waals surface area (Å²) < 4.78 is 18.7. The molecule has 0 saturated carbocycles. The molecule has 3 aromatic heterocycles. The van der Waals surface area contributed by atoms with Crippen LogP contribution in [-0.4, -0.2) is 61.8 Å². The lowest BCUT2D eigenvalue weighted by Crippen LogP contribution is -2.48. The molecule has 0 bridgehead atoms. The Hall–Kier alpha value is -3.82. The minimum atomic E-state index is -0.908. The van der Waals surface area contributed by atoms with Crippen molar-refractivity contribution in [3.05, 3.63) is 65.8 Å². The summed E-state index contributed by atoms with van der Waals surface area (Å²) in [6.45, 7) is 0.834. The summed E-state index contributed by atoms with van der Waals surface area (Å²) in [5.41, 5.74) is 2.44. The van der Waals surface area contributed by atoms with Crippen molar-refractivity contribution in [1.29, 1.82) is 0 Å². The van der Waals surface area contributed by atoms with Crippen molar-refractivity contribution in [1.82, 2.24) is 30.0 Å². The smallest absolute Gasteiger partial charge is 0.318 e. The Bertz CT molecular complexity index is 1280. The Morgan fingerprint density at radius 3 is 2.84 bits per heavy atom. The molecule has 0 unspecified atom stereocenters. The van der Waals surface area contributed by atoms with E-state index in [2.05, 4.69) is 25.1 Å². The molecule has 2 aliphatic rings. The molecule has 0 radical (unpaired) electrons. The number of hydrogen-bond donors (Lipinski definition) is 1. The molecule has 4 aromatic rings. The number of halogens is 1. The molecule has 6 rings (SSSR count). The van der Waals surface area contributed by atoms with Crippen LogP contribution in [0.5, 0.6) is 0 Å². The topological polar surface area (TPSA) is 104 Å². The van der Waals surface area contributed by atoms with Gasteiger partial charge in [0.1, 0.15) is 12.2 Å². The van der Waals surface area contributed by atoms with Gasteiger partial charge in [-0.2, -0.15) is 0 Å². The second kappa shape index (κ2) is 6.86. The van der Waals surface area contributed by atoms with Crippen LogP contribution in [0.25, 0.3) is 10.8 Å². The third kappa shape index (κ3) is 2.94. The van der Waals surface area contributed by atoms with E-state index in [1.165, 1.54) is 0 Å². The van der Waals surface area contributed by atoms with Gasteiger partial charge in [0.05, 0.1) is 30.8 Å².